The summed E-state index contributed by atoms with van der Waals surface area (Å²) in [5.74, 6) is 0.965. The normalized spacial score (nSPS) is 44.8. The lowest BCUT2D eigenvalue weighted by atomic mass is 9.62. The van der Waals surface area contributed by atoms with Crippen molar-refractivity contribution in [3.8, 4) is 0 Å². The van der Waals surface area contributed by atoms with Gasteiger partial charge in [-0.3, -0.25) is 0 Å². The van der Waals surface area contributed by atoms with Crippen molar-refractivity contribution in [3.05, 3.63) is 0 Å². The maximum absolute atomic E-state index is 9.64. The van der Waals surface area contributed by atoms with E-state index in [-0.39, 0.29) is 6.10 Å². The molecule has 3 aliphatic rings. The van der Waals surface area contributed by atoms with Gasteiger partial charge >= 0.3 is 0 Å². The summed E-state index contributed by atoms with van der Waals surface area (Å²) in [6.07, 6.45) is 15.0. The first-order chi connectivity index (χ1) is 8.76. The number of hydrogen-bond acceptors (Lipinski definition) is 2. The number of rotatable bonds is 3. The Bertz CT molecular complexity index is 254. The van der Waals surface area contributed by atoms with Crippen molar-refractivity contribution >= 4 is 0 Å². The zero-order valence-electron chi connectivity index (χ0n) is 11.6. The first-order valence-corrected chi connectivity index (χ1v) is 8.05. The van der Waals surface area contributed by atoms with Crippen molar-refractivity contribution < 1.29 is 9.84 Å². The lowest BCUT2D eigenvalue weighted by Crippen LogP contribution is -2.34. The highest BCUT2D eigenvalue weighted by molar-refractivity contribution is 4.90. The number of hydrogen-bond donors (Lipinski definition) is 1. The number of ether oxygens (including phenoxy) is 1. The summed E-state index contributed by atoms with van der Waals surface area (Å²) in [5.41, 5.74) is 0.628. The Hall–Kier alpha value is -0.0800. The van der Waals surface area contributed by atoms with Crippen molar-refractivity contribution in [2.45, 2.75) is 82.8 Å². The predicted molar refractivity (Wildman–Crippen MR) is 72.5 cm³/mol. The maximum Gasteiger partial charge on any atom is 0.0597 e. The van der Waals surface area contributed by atoms with Crippen molar-refractivity contribution in [1.82, 2.24) is 0 Å². The highest BCUT2D eigenvalue weighted by Gasteiger charge is 2.38. The van der Waals surface area contributed by atoms with Crippen LogP contribution in [0.15, 0.2) is 0 Å². The Morgan fingerprint density at radius 3 is 2.06 bits per heavy atom. The fraction of sp³-hybridized carbons (Fsp3) is 1.00. The monoisotopic (exact) mass is 252 g/mol. The Morgan fingerprint density at radius 1 is 0.889 bits per heavy atom. The molecule has 3 rings (SSSR count). The molecule has 2 nitrogen and oxygen atoms in total. The third-order valence-corrected chi connectivity index (χ3v) is 5.87. The minimum atomic E-state index is 0.00381. The van der Waals surface area contributed by atoms with Gasteiger partial charge in [0.05, 0.1) is 12.2 Å². The molecule has 0 bridgehead atoms. The van der Waals surface area contributed by atoms with E-state index in [0.29, 0.717) is 11.5 Å². The number of aliphatic hydroxyl groups is 1. The molecule has 1 heterocycles. The molecule has 0 radical (unpaired) electrons. The molecule has 2 saturated carbocycles. The van der Waals surface area contributed by atoms with Crippen molar-refractivity contribution in [3.63, 3.8) is 0 Å². The molecule has 1 saturated heterocycles. The SMILES string of the molecule is OC1CCC2(CC1)CCC(CCC1CCO1)CC2. The van der Waals surface area contributed by atoms with Crippen LogP contribution in [0.2, 0.25) is 0 Å². The number of aliphatic hydroxyl groups excluding tert-OH is 1. The van der Waals surface area contributed by atoms with Gasteiger partial charge in [-0.2, -0.15) is 0 Å². The first-order valence-electron chi connectivity index (χ1n) is 8.05. The van der Waals surface area contributed by atoms with Gasteiger partial charge in [0.2, 0.25) is 0 Å². The van der Waals surface area contributed by atoms with E-state index in [4.69, 9.17) is 4.74 Å². The van der Waals surface area contributed by atoms with E-state index >= 15 is 0 Å². The van der Waals surface area contributed by atoms with Crippen LogP contribution in [-0.2, 0) is 4.74 Å². The second-order valence-electron chi connectivity index (χ2n) is 7.03. The smallest absolute Gasteiger partial charge is 0.0597 e. The van der Waals surface area contributed by atoms with Gasteiger partial charge in [-0.1, -0.05) is 0 Å². The summed E-state index contributed by atoms with van der Waals surface area (Å²) in [6.45, 7) is 1.00. The molecule has 104 valence electrons. The fourth-order valence-corrected chi connectivity index (χ4v) is 4.23. The predicted octanol–water partition coefficient (Wildman–Crippen LogP) is 3.67. The molecular formula is C16H28O2. The van der Waals surface area contributed by atoms with Crippen LogP contribution in [0.4, 0.5) is 0 Å². The standard InChI is InChI=1S/C16H28O2/c17-14-5-10-16(11-6-14)8-3-13(4-9-16)1-2-15-7-12-18-15/h13-15,17H,1-12H2. The molecule has 0 aromatic carbocycles. The topological polar surface area (TPSA) is 29.5 Å². The first kappa shape index (κ1) is 12.9. The molecule has 2 aliphatic carbocycles. The van der Waals surface area contributed by atoms with E-state index in [2.05, 4.69) is 0 Å². The van der Waals surface area contributed by atoms with Crippen LogP contribution < -0.4 is 0 Å². The van der Waals surface area contributed by atoms with Gasteiger partial charge in [0.25, 0.3) is 0 Å². The minimum absolute atomic E-state index is 0.00381. The van der Waals surface area contributed by atoms with Crippen LogP contribution >= 0.6 is 0 Å². The van der Waals surface area contributed by atoms with Crippen LogP contribution in [-0.4, -0.2) is 23.9 Å². The molecule has 18 heavy (non-hydrogen) atoms. The quantitative estimate of drug-likeness (QED) is 0.830. The summed E-state index contributed by atoms with van der Waals surface area (Å²) in [7, 11) is 0. The van der Waals surface area contributed by atoms with Gasteiger partial charge in [-0.05, 0) is 82.0 Å². The summed E-state index contributed by atoms with van der Waals surface area (Å²) in [4.78, 5) is 0. The molecular weight excluding hydrogens is 224 g/mol. The highest BCUT2D eigenvalue weighted by atomic mass is 16.5. The van der Waals surface area contributed by atoms with Gasteiger partial charge in [-0.25, -0.2) is 0 Å². The maximum atomic E-state index is 9.64. The summed E-state index contributed by atoms with van der Waals surface area (Å²) in [5, 5.41) is 9.64. The zero-order chi connectivity index (χ0) is 12.4. The minimum Gasteiger partial charge on any atom is -0.393 e. The van der Waals surface area contributed by atoms with Crippen molar-refractivity contribution in [1.29, 1.82) is 0 Å². The second-order valence-corrected chi connectivity index (χ2v) is 7.03. The molecule has 3 fully saturated rings. The van der Waals surface area contributed by atoms with Crippen LogP contribution in [0.1, 0.15) is 70.6 Å². The summed E-state index contributed by atoms with van der Waals surface area (Å²) >= 11 is 0. The van der Waals surface area contributed by atoms with E-state index in [9.17, 15) is 5.11 Å². The van der Waals surface area contributed by atoms with Gasteiger partial charge < -0.3 is 9.84 Å². The Balaban J connectivity index is 1.40. The van der Waals surface area contributed by atoms with E-state index in [0.717, 1.165) is 25.4 Å². The van der Waals surface area contributed by atoms with E-state index < -0.39 is 0 Å². The molecule has 1 atom stereocenters. The van der Waals surface area contributed by atoms with Crippen LogP contribution in [0.5, 0.6) is 0 Å². The Labute approximate surface area is 111 Å². The highest BCUT2D eigenvalue weighted by Crippen LogP contribution is 2.49. The third-order valence-electron chi connectivity index (χ3n) is 5.87. The third kappa shape index (κ3) is 2.91. The average Bonchev–Trinajstić information content (AvgIpc) is 2.34. The molecule has 1 spiro atoms. The van der Waals surface area contributed by atoms with Crippen LogP contribution in [0, 0.1) is 11.3 Å². The lowest BCUT2D eigenvalue weighted by molar-refractivity contribution is -0.0592. The van der Waals surface area contributed by atoms with E-state index in [1.54, 1.807) is 0 Å². The second kappa shape index (κ2) is 5.50. The van der Waals surface area contributed by atoms with E-state index in [1.807, 2.05) is 0 Å². The fourth-order valence-electron chi connectivity index (χ4n) is 4.23. The zero-order valence-corrected chi connectivity index (χ0v) is 11.6. The molecule has 1 unspecified atom stereocenters. The molecule has 0 amide bonds. The van der Waals surface area contributed by atoms with Gasteiger partial charge in [0, 0.05) is 6.61 Å². The van der Waals surface area contributed by atoms with Crippen molar-refractivity contribution in [2.24, 2.45) is 11.3 Å². The lowest BCUT2D eigenvalue weighted by Gasteiger charge is -2.44. The molecule has 1 aliphatic heterocycles. The Kier molecular flexibility index (Phi) is 3.95. The Morgan fingerprint density at radius 2 is 1.50 bits per heavy atom. The average molecular weight is 252 g/mol. The van der Waals surface area contributed by atoms with Crippen LogP contribution in [0.3, 0.4) is 0 Å². The molecule has 2 heteroatoms. The van der Waals surface area contributed by atoms with Gasteiger partial charge in [0.1, 0.15) is 0 Å². The summed E-state index contributed by atoms with van der Waals surface area (Å²) in [6, 6.07) is 0. The molecule has 1 N–H and O–H groups in total. The van der Waals surface area contributed by atoms with Gasteiger partial charge in [-0.15, -0.1) is 0 Å². The largest absolute Gasteiger partial charge is 0.393 e. The van der Waals surface area contributed by atoms with Gasteiger partial charge in [0.15, 0.2) is 0 Å². The van der Waals surface area contributed by atoms with Crippen LogP contribution in [0.25, 0.3) is 0 Å². The van der Waals surface area contributed by atoms with Crippen molar-refractivity contribution in [2.75, 3.05) is 6.61 Å². The molecule has 0 aromatic rings. The van der Waals surface area contributed by atoms with E-state index in [1.165, 1.54) is 57.8 Å². The summed E-state index contributed by atoms with van der Waals surface area (Å²) < 4.78 is 5.52. The molecule has 0 aromatic heterocycles.